The first-order valence-corrected chi connectivity index (χ1v) is 5.94. The van der Waals surface area contributed by atoms with Crippen molar-refractivity contribution in [3.63, 3.8) is 0 Å². The third-order valence-electron chi connectivity index (χ3n) is 2.75. The highest BCUT2D eigenvalue weighted by molar-refractivity contribution is 5.23. The van der Waals surface area contributed by atoms with Crippen molar-refractivity contribution in [3.8, 4) is 5.75 Å². The van der Waals surface area contributed by atoms with Crippen molar-refractivity contribution in [2.24, 2.45) is 5.73 Å². The number of allylic oxidation sites excluding steroid dienone is 3. The Hall–Kier alpha value is -1.61. The second kappa shape index (κ2) is 5.64. The summed E-state index contributed by atoms with van der Waals surface area (Å²) in [5.41, 5.74) is 7.94. The van der Waals surface area contributed by atoms with Gasteiger partial charge in [0.15, 0.2) is 0 Å². The minimum Gasteiger partial charge on any atom is -0.488 e. The van der Waals surface area contributed by atoms with E-state index in [4.69, 9.17) is 10.5 Å². The third-order valence-corrected chi connectivity index (χ3v) is 2.75. The number of rotatable bonds is 4. The Morgan fingerprint density at radius 3 is 2.94 bits per heavy atom. The van der Waals surface area contributed by atoms with Crippen LogP contribution in [0, 0.1) is 0 Å². The van der Waals surface area contributed by atoms with Gasteiger partial charge >= 0.3 is 0 Å². The predicted molar refractivity (Wildman–Crippen MR) is 68.8 cm³/mol. The highest BCUT2D eigenvalue weighted by atomic mass is 16.5. The molecule has 2 N–H and O–H groups in total. The van der Waals surface area contributed by atoms with E-state index in [1.54, 1.807) is 6.20 Å². The maximum absolute atomic E-state index is 5.73. The zero-order chi connectivity index (χ0) is 12.1. The molecule has 3 nitrogen and oxygen atoms in total. The Bertz CT molecular complexity index is 418. The first-order valence-electron chi connectivity index (χ1n) is 5.94. The molecular weight excluding hydrogens is 212 g/mol. The van der Waals surface area contributed by atoms with Gasteiger partial charge in [-0.2, -0.15) is 0 Å². The van der Waals surface area contributed by atoms with Gasteiger partial charge in [-0.25, -0.2) is 0 Å². The van der Waals surface area contributed by atoms with Crippen LogP contribution in [0.2, 0.25) is 0 Å². The minimum absolute atomic E-state index is 0.0322. The van der Waals surface area contributed by atoms with E-state index in [2.05, 4.69) is 23.2 Å². The smallest absolute Gasteiger partial charge is 0.138 e. The van der Waals surface area contributed by atoms with Crippen LogP contribution < -0.4 is 10.5 Å². The summed E-state index contributed by atoms with van der Waals surface area (Å²) < 4.78 is 5.67. The van der Waals surface area contributed by atoms with Crippen molar-refractivity contribution in [1.29, 1.82) is 0 Å². The van der Waals surface area contributed by atoms with Gasteiger partial charge in [0.05, 0.1) is 11.9 Å². The summed E-state index contributed by atoms with van der Waals surface area (Å²) in [6.45, 7) is 2.56. The molecule has 3 heteroatoms. The summed E-state index contributed by atoms with van der Waals surface area (Å²) in [5, 5.41) is 0. The fourth-order valence-corrected chi connectivity index (χ4v) is 1.70. The average Bonchev–Trinajstić information content (AvgIpc) is 2.38. The van der Waals surface area contributed by atoms with Crippen LogP contribution in [0.1, 0.15) is 31.5 Å². The van der Waals surface area contributed by atoms with Crippen LogP contribution in [-0.4, -0.2) is 11.6 Å². The third kappa shape index (κ3) is 3.43. The topological polar surface area (TPSA) is 48.1 Å². The molecule has 1 aromatic heterocycles. The van der Waals surface area contributed by atoms with E-state index in [9.17, 15) is 0 Å². The molecule has 0 fully saturated rings. The van der Waals surface area contributed by atoms with Crippen LogP contribution in [0.3, 0.4) is 0 Å². The maximum Gasteiger partial charge on any atom is 0.138 e. The lowest BCUT2D eigenvalue weighted by Gasteiger charge is -2.11. The lowest BCUT2D eigenvalue weighted by atomic mass is 10.1. The molecule has 0 radical (unpaired) electrons. The van der Waals surface area contributed by atoms with Crippen molar-refractivity contribution in [3.05, 3.63) is 47.8 Å². The van der Waals surface area contributed by atoms with Crippen LogP contribution in [0.15, 0.2) is 42.1 Å². The summed E-state index contributed by atoms with van der Waals surface area (Å²) in [6.07, 6.45) is 10.3. The minimum atomic E-state index is -0.0322. The molecule has 0 amide bonds. The number of nitrogens with two attached hydrogens (primary N) is 1. The Kier molecular flexibility index (Phi) is 3.94. The molecule has 1 aromatic rings. The van der Waals surface area contributed by atoms with E-state index < -0.39 is 0 Å². The van der Waals surface area contributed by atoms with Gasteiger partial charge in [-0.05, 0) is 37.5 Å². The molecule has 90 valence electrons. The quantitative estimate of drug-likeness (QED) is 0.865. The lowest BCUT2D eigenvalue weighted by Crippen LogP contribution is -2.07. The molecule has 0 saturated heterocycles. The molecule has 1 unspecified atom stereocenters. The first-order chi connectivity index (χ1) is 8.25. The predicted octanol–water partition coefficient (Wildman–Crippen LogP) is 2.76. The fraction of sp³-hybridized carbons (Fsp3) is 0.357. The van der Waals surface area contributed by atoms with Gasteiger partial charge in [-0.3, -0.25) is 4.98 Å². The molecule has 0 aromatic carbocycles. The molecule has 0 saturated carbocycles. The van der Waals surface area contributed by atoms with Crippen LogP contribution in [0.25, 0.3) is 0 Å². The van der Waals surface area contributed by atoms with Crippen molar-refractivity contribution in [2.45, 2.75) is 25.8 Å². The van der Waals surface area contributed by atoms with Gasteiger partial charge in [0, 0.05) is 6.04 Å². The molecule has 0 spiro atoms. The van der Waals surface area contributed by atoms with Crippen LogP contribution in [0.4, 0.5) is 0 Å². The molecule has 1 aliphatic rings. The van der Waals surface area contributed by atoms with Crippen molar-refractivity contribution in [2.75, 3.05) is 6.61 Å². The average molecular weight is 230 g/mol. The summed E-state index contributed by atoms with van der Waals surface area (Å²) >= 11 is 0. The van der Waals surface area contributed by atoms with Gasteiger partial charge in [-0.1, -0.05) is 18.2 Å². The van der Waals surface area contributed by atoms with Gasteiger partial charge in [0.1, 0.15) is 12.4 Å². The van der Waals surface area contributed by atoms with E-state index in [0.29, 0.717) is 6.61 Å². The van der Waals surface area contributed by atoms with Crippen LogP contribution in [0.5, 0.6) is 5.75 Å². The number of nitrogens with zero attached hydrogens (tertiary/aromatic N) is 1. The Labute approximate surface area is 102 Å². The fourth-order valence-electron chi connectivity index (χ4n) is 1.70. The zero-order valence-electron chi connectivity index (χ0n) is 10.1. The zero-order valence-corrected chi connectivity index (χ0v) is 10.1. The molecule has 17 heavy (non-hydrogen) atoms. The van der Waals surface area contributed by atoms with Crippen LogP contribution in [-0.2, 0) is 0 Å². The summed E-state index contributed by atoms with van der Waals surface area (Å²) in [4.78, 5) is 4.26. The molecule has 0 aliphatic heterocycles. The first kappa shape index (κ1) is 11.9. The van der Waals surface area contributed by atoms with E-state index in [1.807, 2.05) is 19.1 Å². The highest BCUT2D eigenvalue weighted by Crippen LogP contribution is 2.16. The summed E-state index contributed by atoms with van der Waals surface area (Å²) in [7, 11) is 0. The molecule has 1 atom stereocenters. The van der Waals surface area contributed by atoms with E-state index in [-0.39, 0.29) is 6.04 Å². The number of ether oxygens (including phenoxy) is 1. The van der Waals surface area contributed by atoms with E-state index >= 15 is 0 Å². The summed E-state index contributed by atoms with van der Waals surface area (Å²) in [6, 6.07) is 3.80. The van der Waals surface area contributed by atoms with Gasteiger partial charge in [0.25, 0.3) is 0 Å². The number of aromatic nitrogens is 1. The van der Waals surface area contributed by atoms with Crippen molar-refractivity contribution >= 4 is 0 Å². The molecule has 1 aliphatic carbocycles. The standard InChI is InChI=1S/C14H18N2O/c1-11(15)14-8-7-13(9-16-14)17-10-12-5-3-2-4-6-12/h2-3,5,7-9,11H,4,6,10,15H2,1H3. The Balaban J connectivity index is 1.90. The molecule has 0 bridgehead atoms. The molecular formula is C14H18N2O. The maximum atomic E-state index is 5.73. The van der Waals surface area contributed by atoms with Crippen molar-refractivity contribution < 1.29 is 4.74 Å². The Morgan fingerprint density at radius 1 is 1.47 bits per heavy atom. The molecule has 2 rings (SSSR count). The van der Waals surface area contributed by atoms with Crippen LogP contribution >= 0.6 is 0 Å². The number of hydrogen-bond donors (Lipinski definition) is 1. The van der Waals surface area contributed by atoms with E-state index in [1.165, 1.54) is 5.57 Å². The van der Waals surface area contributed by atoms with E-state index in [0.717, 1.165) is 24.3 Å². The highest BCUT2D eigenvalue weighted by Gasteiger charge is 2.03. The second-order valence-corrected chi connectivity index (χ2v) is 4.29. The monoisotopic (exact) mass is 230 g/mol. The lowest BCUT2D eigenvalue weighted by molar-refractivity contribution is 0.345. The van der Waals surface area contributed by atoms with Gasteiger partial charge in [0.2, 0.25) is 0 Å². The normalized spacial score (nSPS) is 16.5. The summed E-state index contributed by atoms with van der Waals surface area (Å²) in [5.74, 6) is 0.796. The molecule has 1 heterocycles. The van der Waals surface area contributed by atoms with Crippen molar-refractivity contribution in [1.82, 2.24) is 4.98 Å². The number of hydrogen-bond acceptors (Lipinski definition) is 3. The SMILES string of the molecule is CC(N)c1ccc(OCC2=CC=CCC2)cn1. The second-order valence-electron chi connectivity index (χ2n) is 4.29. The largest absolute Gasteiger partial charge is 0.488 e. The van der Waals surface area contributed by atoms with Gasteiger partial charge in [-0.15, -0.1) is 0 Å². The Morgan fingerprint density at radius 2 is 2.35 bits per heavy atom. The number of pyridine rings is 1. The van der Waals surface area contributed by atoms with Gasteiger partial charge < -0.3 is 10.5 Å².